The van der Waals surface area contributed by atoms with E-state index >= 15 is 0 Å². The quantitative estimate of drug-likeness (QED) is 0.0238. The molecule has 0 saturated heterocycles. The maximum absolute atomic E-state index is 12.0. The Bertz CT molecular complexity index is 2280. The van der Waals surface area contributed by atoms with Crippen LogP contribution in [0.3, 0.4) is 0 Å². The van der Waals surface area contributed by atoms with Gasteiger partial charge in [0.1, 0.15) is 0 Å². The zero-order chi connectivity index (χ0) is 78.5. The van der Waals surface area contributed by atoms with Crippen LogP contribution in [0.25, 0.3) is 0 Å². The van der Waals surface area contributed by atoms with E-state index in [-0.39, 0.29) is 147 Å². The number of aliphatic hydroxyl groups is 3. The Labute approximate surface area is 621 Å². The normalized spacial score (nSPS) is 10.5. The van der Waals surface area contributed by atoms with Crippen LogP contribution in [0.15, 0.2) is 75.9 Å². The lowest BCUT2D eigenvalue weighted by Crippen LogP contribution is -2.31. The fourth-order valence-corrected chi connectivity index (χ4v) is 8.54. The highest BCUT2D eigenvalue weighted by Crippen LogP contribution is 2.09. The number of esters is 12. The second-order valence-corrected chi connectivity index (χ2v) is 23.2. The molecule has 0 atom stereocenters. The van der Waals surface area contributed by atoms with Crippen molar-refractivity contribution in [1.82, 2.24) is 14.7 Å². The average molecular weight is 1500 g/mol. The molecule has 0 aromatic carbocycles. The van der Waals surface area contributed by atoms with Gasteiger partial charge in [-0.1, -0.05) is 39.5 Å². The van der Waals surface area contributed by atoms with Gasteiger partial charge in [0.05, 0.1) is 118 Å². The Morgan fingerprint density at radius 2 is 0.343 bits per heavy atom. The number of carbonyl (C=O) groups excluding carboxylic acids is 12. The summed E-state index contributed by atoms with van der Waals surface area (Å²) >= 11 is 0. The molecule has 0 aliphatic heterocycles. The van der Waals surface area contributed by atoms with Crippen LogP contribution in [0.4, 0.5) is 0 Å². The van der Waals surface area contributed by atoms with E-state index in [0.29, 0.717) is 182 Å². The number of ether oxygens (including phenoxy) is 12. The molecule has 0 rings (SSSR count). The maximum atomic E-state index is 12.0. The van der Waals surface area contributed by atoms with Gasteiger partial charge in [0.25, 0.3) is 0 Å². The number of aliphatic hydroxyl groups excluding tert-OH is 3. The Morgan fingerprint density at radius 1 is 0.200 bits per heavy atom. The highest BCUT2D eigenvalue weighted by atomic mass is 16.6. The number of hydrogen-bond acceptors (Lipinski definition) is 30. The largest absolute Gasteiger partial charge is 0.466 e. The lowest BCUT2D eigenvalue weighted by atomic mass is 10.2. The van der Waals surface area contributed by atoms with E-state index in [9.17, 15) is 57.5 Å². The van der Waals surface area contributed by atoms with Gasteiger partial charge in [0.15, 0.2) is 0 Å². The zero-order valence-electron chi connectivity index (χ0n) is 62.3. The molecule has 0 unspecified atom stereocenters. The molecule has 0 aromatic rings. The SMILES string of the molecule is C=CC(=O)OCCCCCOC(=O)CCN(CCCCO)CCC(=O)OCCCCCOC(=O)C=C.C=CC(=O)OCCCCOC(=O)CCN(CCCCCO)CCC(=O)OCCCCOC(=O)C=C.C=CC(=O)OCCCCOC(=O)CCN(CCCCO)CCC(=O)OCCCCOC(=O)C=C. The van der Waals surface area contributed by atoms with Crippen LogP contribution >= 0.6 is 0 Å². The summed E-state index contributed by atoms with van der Waals surface area (Å²) in [6.07, 6.45) is 22.0. The second kappa shape index (κ2) is 77.0. The molecule has 0 bridgehead atoms. The number of rotatable bonds is 69. The van der Waals surface area contributed by atoms with Crippen molar-refractivity contribution in [2.45, 2.75) is 173 Å². The van der Waals surface area contributed by atoms with E-state index in [2.05, 4.69) is 39.5 Å². The highest BCUT2D eigenvalue weighted by Gasteiger charge is 2.17. The lowest BCUT2D eigenvalue weighted by Gasteiger charge is -2.21. The summed E-state index contributed by atoms with van der Waals surface area (Å²) in [5, 5.41) is 27.0. The molecule has 0 heterocycles. The van der Waals surface area contributed by atoms with Crippen molar-refractivity contribution in [3.05, 3.63) is 75.9 Å². The average Bonchev–Trinajstić information content (AvgIpc) is 1.15. The molecule has 0 aliphatic carbocycles. The Kier molecular flexibility index (Phi) is 74.0. The van der Waals surface area contributed by atoms with E-state index < -0.39 is 35.8 Å². The third kappa shape index (κ3) is 75.3. The fourth-order valence-electron chi connectivity index (χ4n) is 8.54. The first-order valence-corrected chi connectivity index (χ1v) is 36.5. The zero-order valence-corrected chi connectivity index (χ0v) is 62.3. The summed E-state index contributed by atoms with van der Waals surface area (Å²) in [6, 6.07) is 0. The van der Waals surface area contributed by atoms with Gasteiger partial charge in [0, 0.05) is 95.5 Å². The fraction of sp³-hybridized carbons (Fsp3) is 0.680. The summed E-state index contributed by atoms with van der Waals surface area (Å²) in [7, 11) is 0. The van der Waals surface area contributed by atoms with Crippen LogP contribution in [0.5, 0.6) is 0 Å². The van der Waals surface area contributed by atoms with Crippen LogP contribution < -0.4 is 0 Å². The second-order valence-electron chi connectivity index (χ2n) is 23.2. The monoisotopic (exact) mass is 1500 g/mol. The maximum Gasteiger partial charge on any atom is 0.330 e. The molecule has 30 nitrogen and oxygen atoms in total. The summed E-state index contributed by atoms with van der Waals surface area (Å²) in [5.74, 6) is -4.73. The molecule has 600 valence electrons. The van der Waals surface area contributed by atoms with Crippen LogP contribution in [0.1, 0.15) is 173 Å². The molecular weight excluding hydrogens is 1370 g/mol. The van der Waals surface area contributed by atoms with Gasteiger partial charge >= 0.3 is 71.6 Å². The van der Waals surface area contributed by atoms with E-state index in [0.717, 1.165) is 75.0 Å². The Balaban J connectivity index is -0.00000149. The van der Waals surface area contributed by atoms with Gasteiger partial charge in [-0.25, -0.2) is 28.8 Å². The van der Waals surface area contributed by atoms with Crippen LogP contribution in [-0.2, 0) is 114 Å². The summed E-state index contributed by atoms with van der Waals surface area (Å²) in [6.45, 7) is 28.1. The molecular formula is C75H123N3O27. The van der Waals surface area contributed by atoms with Crippen LogP contribution in [-0.4, -0.2) is 260 Å². The van der Waals surface area contributed by atoms with Gasteiger partial charge in [0.2, 0.25) is 0 Å². The summed E-state index contributed by atoms with van der Waals surface area (Å²) < 4.78 is 60.5. The molecule has 0 aromatic heterocycles. The summed E-state index contributed by atoms with van der Waals surface area (Å²) in [4.78, 5) is 144. The lowest BCUT2D eigenvalue weighted by molar-refractivity contribution is -0.146. The number of nitrogens with zero attached hydrogens (tertiary/aromatic N) is 3. The summed E-state index contributed by atoms with van der Waals surface area (Å²) in [5.41, 5.74) is 0. The predicted octanol–water partition coefficient (Wildman–Crippen LogP) is 7.01. The van der Waals surface area contributed by atoms with Crippen molar-refractivity contribution < 1.29 is 130 Å². The molecule has 3 N–H and O–H groups in total. The molecule has 0 spiro atoms. The highest BCUT2D eigenvalue weighted by molar-refractivity contribution is 5.83. The van der Waals surface area contributed by atoms with Gasteiger partial charge in [-0.15, -0.1) is 0 Å². The first-order valence-electron chi connectivity index (χ1n) is 36.5. The minimum absolute atomic E-state index is 0.0855. The molecule has 0 aliphatic rings. The Morgan fingerprint density at radius 3 is 0.514 bits per heavy atom. The van der Waals surface area contributed by atoms with Crippen LogP contribution in [0.2, 0.25) is 0 Å². The van der Waals surface area contributed by atoms with Gasteiger partial charge in [-0.05, 0) is 154 Å². The van der Waals surface area contributed by atoms with Crippen molar-refractivity contribution in [2.75, 3.05) is 158 Å². The van der Waals surface area contributed by atoms with E-state index in [1.807, 2.05) is 14.7 Å². The standard InChI is InChI=1S/C26H43NO9.C25H41NO9.C24H39NO9/c1-3-23(29)33-19-9-5-11-21-35-25(31)13-16-27(15-7-8-18-28)17-14-26(32)36-22-12-6-10-20-34-24(30)4-2;1-3-22(28)32-18-8-10-20-34-24(30)12-15-26(14-6-5-7-17-27)16-13-25(31)35-21-11-9-19-33-23(29)4-2;1-3-21(27)31-17-7-9-19-33-23(29)11-14-25(13-5-6-16-26)15-12-24(30)34-20-10-8-18-32-22(28)4-2/h3-4,28H,1-2,5-22H2;3-4,27H,1-2,5-21H2;3-4,26H,1-2,5-20H2. The number of hydrogen-bond donors (Lipinski definition) is 3. The smallest absolute Gasteiger partial charge is 0.330 e. The van der Waals surface area contributed by atoms with E-state index in [4.69, 9.17) is 72.2 Å². The minimum Gasteiger partial charge on any atom is -0.466 e. The first kappa shape index (κ1) is 101. The predicted molar refractivity (Wildman–Crippen MR) is 388 cm³/mol. The topological polar surface area (TPSA) is 386 Å². The third-order valence-electron chi connectivity index (χ3n) is 14.5. The van der Waals surface area contributed by atoms with Gasteiger partial charge < -0.3 is 86.9 Å². The number of carbonyl (C=O) groups is 12. The van der Waals surface area contributed by atoms with Crippen molar-refractivity contribution in [1.29, 1.82) is 0 Å². The third-order valence-corrected chi connectivity index (χ3v) is 14.5. The van der Waals surface area contributed by atoms with Crippen molar-refractivity contribution in [3.8, 4) is 0 Å². The first-order chi connectivity index (χ1) is 50.8. The van der Waals surface area contributed by atoms with Crippen molar-refractivity contribution in [3.63, 3.8) is 0 Å². The molecule has 0 saturated carbocycles. The van der Waals surface area contributed by atoms with Gasteiger partial charge in [-0.3, -0.25) is 28.8 Å². The molecule has 105 heavy (non-hydrogen) atoms. The molecule has 30 heteroatoms. The molecule has 0 radical (unpaired) electrons. The van der Waals surface area contributed by atoms with Crippen molar-refractivity contribution >= 4 is 71.6 Å². The van der Waals surface area contributed by atoms with E-state index in [1.54, 1.807) is 0 Å². The molecule has 0 amide bonds. The van der Waals surface area contributed by atoms with E-state index in [1.165, 1.54) is 0 Å². The van der Waals surface area contributed by atoms with Crippen molar-refractivity contribution in [2.24, 2.45) is 0 Å². The van der Waals surface area contributed by atoms with Crippen LogP contribution in [0, 0.1) is 0 Å². The molecule has 0 fully saturated rings. The van der Waals surface area contributed by atoms with Gasteiger partial charge in [-0.2, -0.15) is 0 Å². The Hall–Kier alpha value is -8.16. The minimum atomic E-state index is -0.478. The number of unbranched alkanes of at least 4 members (excludes halogenated alkanes) is 12.